The van der Waals surface area contributed by atoms with Gasteiger partial charge in [-0.2, -0.15) is 5.26 Å². The van der Waals surface area contributed by atoms with Crippen LogP contribution >= 0.6 is 0 Å². The second-order valence-corrected chi connectivity index (χ2v) is 5.18. The van der Waals surface area contributed by atoms with Crippen molar-refractivity contribution < 1.29 is 4.79 Å². The second kappa shape index (κ2) is 8.37. The van der Waals surface area contributed by atoms with E-state index in [1.165, 1.54) is 0 Å². The molecule has 0 saturated heterocycles. The van der Waals surface area contributed by atoms with Crippen molar-refractivity contribution in [3.05, 3.63) is 35.4 Å². The fourth-order valence-electron chi connectivity index (χ4n) is 2.11. The summed E-state index contributed by atoms with van der Waals surface area (Å²) in [5.74, 6) is 0.178. The number of amides is 1. The van der Waals surface area contributed by atoms with E-state index in [-0.39, 0.29) is 11.9 Å². The topological polar surface area (TPSA) is 44.1 Å². The molecule has 0 fully saturated rings. The van der Waals surface area contributed by atoms with Gasteiger partial charge in [0, 0.05) is 12.6 Å². The van der Waals surface area contributed by atoms with Crippen LogP contribution in [0.4, 0.5) is 0 Å². The molecule has 1 rings (SSSR count). The predicted molar refractivity (Wildman–Crippen MR) is 81.2 cm³/mol. The van der Waals surface area contributed by atoms with Gasteiger partial charge in [-0.25, -0.2) is 0 Å². The van der Waals surface area contributed by atoms with E-state index in [0.29, 0.717) is 12.0 Å². The van der Waals surface area contributed by atoms with Gasteiger partial charge in [-0.15, -0.1) is 0 Å². The molecule has 0 spiro atoms. The molecule has 1 atom stereocenters. The van der Waals surface area contributed by atoms with Gasteiger partial charge in [0.25, 0.3) is 0 Å². The molecule has 1 amide bonds. The zero-order chi connectivity index (χ0) is 15.0. The molecule has 108 valence electrons. The lowest BCUT2D eigenvalue weighted by molar-refractivity contribution is -0.132. The summed E-state index contributed by atoms with van der Waals surface area (Å²) in [6.45, 7) is 7.19. The highest BCUT2D eigenvalue weighted by atomic mass is 16.2. The van der Waals surface area contributed by atoms with Gasteiger partial charge in [0.05, 0.1) is 18.1 Å². The molecular formula is C17H24N2O. The van der Waals surface area contributed by atoms with Crippen LogP contribution in [0.25, 0.3) is 0 Å². The number of benzene rings is 1. The van der Waals surface area contributed by atoms with E-state index in [9.17, 15) is 4.79 Å². The maximum Gasteiger partial charge on any atom is 0.227 e. The minimum absolute atomic E-state index is 0.178. The van der Waals surface area contributed by atoms with Gasteiger partial charge in [0.2, 0.25) is 5.91 Å². The van der Waals surface area contributed by atoms with Gasteiger partial charge in [-0.3, -0.25) is 4.79 Å². The minimum atomic E-state index is 0.178. The summed E-state index contributed by atoms with van der Waals surface area (Å²) in [5.41, 5.74) is 1.60. The maximum absolute atomic E-state index is 12.4. The first-order valence-electron chi connectivity index (χ1n) is 7.40. The van der Waals surface area contributed by atoms with Crippen molar-refractivity contribution in [2.75, 3.05) is 6.54 Å². The van der Waals surface area contributed by atoms with E-state index in [1.807, 2.05) is 17.0 Å². The van der Waals surface area contributed by atoms with Crippen LogP contribution in [0, 0.1) is 11.3 Å². The highest BCUT2D eigenvalue weighted by molar-refractivity contribution is 5.79. The van der Waals surface area contributed by atoms with Crippen LogP contribution in [0.5, 0.6) is 0 Å². The number of nitriles is 1. The largest absolute Gasteiger partial charge is 0.340 e. The number of carbonyl (C=O) groups excluding carboxylic acids is 1. The number of unbranched alkanes of at least 4 members (excludes halogenated alkanes) is 1. The lowest BCUT2D eigenvalue weighted by atomic mass is 10.1. The Balaban J connectivity index is 2.71. The van der Waals surface area contributed by atoms with E-state index in [2.05, 4.69) is 26.8 Å². The Hall–Kier alpha value is -1.82. The summed E-state index contributed by atoms with van der Waals surface area (Å²) in [6.07, 6.45) is 3.53. The van der Waals surface area contributed by atoms with E-state index >= 15 is 0 Å². The van der Waals surface area contributed by atoms with Crippen LogP contribution in [0.15, 0.2) is 24.3 Å². The van der Waals surface area contributed by atoms with E-state index in [0.717, 1.165) is 31.4 Å². The summed E-state index contributed by atoms with van der Waals surface area (Å²) in [6, 6.07) is 9.64. The molecular weight excluding hydrogens is 248 g/mol. The zero-order valence-corrected chi connectivity index (χ0v) is 12.7. The highest BCUT2D eigenvalue weighted by Gasteiger charge is 2.18. The van der Waals surface area contributed by atoms with Crippen LogP contribution in [0.3, 0.4) is 0 Å². The molecule has 1 aromatic carbocycles. The minimum Gasteiger partial charge on any atom is -0.340 e. The van der Waals surface area contributed by atoms with Crippen molar-refractivity contribution in [2.24, 2.45) is 0 Å². The first-order valence-corrected chi connectivity index (χ1v) is 7.40. The van der Waals surface area contributed by atoms with Crippen molar-refractivity contribution in [1.29, 1.82) is 5.26 Å². The van der Waals surface area contributed by atoms with Gasteiger partial charge in [-0.1, -0.05) is 32.4 Å². The lowest BCUT2D eigenvalue weighted by Crippen LogP contribution is -2.40. The average Bonchev–Trinajstić information content (AvgIpc) is 2.48. The fourth-order valence-corrected chi connectivity index (χ4v) is 2.11. The monoisotopic (exact) mass is 272 g/mol. The van der Waals surface area contributed by atoms with Crippen LogP contribution in [0.2, 0.25) is 0 Å². The van der Waals surface area contributed by atoms with Gasteiger partial charge >= 0.3 is 0 Å². The number of rotatable bonds is 7. The molecule has 0 aliphatic rings. The molecule has 1 unspecified atom stereocenters. The second-order valence-electron chi connectivity index (χ2n) is 5.18. The van der Waals surface area contributed by atoms with E-state index < -0.39 is 0 Å². The van der Waals surface area contributed by atoms with Crippen molar-refractivity contribution >= 4 is 5.91 Å². The third-order valence-electron chi connectivity index (χ3n) is 3.63. The molecule has 0 saturated carbocycles. The van der Waals surface area contributed by atoms with Crippen LogP contribution in [-0.4, -0.2) is 23.4 Å². The first kappa shape index (κ1) is 16.2. The molecule has 0 aliphatic carbocycles. The molecule has 20 heavy (non-hydrogen) atoms. The van der Waals surface area contributed by atoms with Gasteiger partial charge in [-0.05, 0) is 37.5 Å². The maximum atomic E-state index is 12.4. The Labute approximate surface area is 122 Å². The lowest BCUT2D eigenvalue weighted by Gasteiger charge is -2.28. The van der Waals surface area contributed by atoms with Crippen LogP contribution < -0.4 is 0 Å². The SMILES string of the molecule is CCCCN(C(=O)Cc1ccc(C#N)cc1)C(C)CC. The average molecular weight is 272 g/mol. The van der Waals surface area contributed by atoms with E-state index in [1.54, 1.807) is 12.1 Å². The van der Waals surface area contributed by atoms with Crippen molar-refractivity contribution in [1.82, 2.24) is 4.90 Å². The van der Waals surface area contributed by atoms with Gasteiger partial charge in [0.1, 0.15) is 0 Å². The molecule has 1 aromatic rings. The Morgan fingerprint density at radius 3 is 2.45 bits per heavy atom. The molecule has 0 bridgehead atoms. The van der Waals surface area contributed by atoms with Gasteiger partial charge < -0.3 is 4.90 Å². The highest BCUT2D eigenvalue weighted by Crippen LogP contribution is 2.11. The van der Waals surface area contributed by atoms with Crippen molar-refractivity contribution in [3.63, 3.8) is 0 Å². The summed E-state index contributed by atoms with van der Waals surface area (Å²) in [7, 11) is 0. The summed E-state index contributed by atoms with van der Waals surface area (Å²) < 4.78 is 0. The smallest absolute Gasteiger partial charge is 0.227 e. The van der Waals surface area contributed by atoms with Crippen LogP contribution in [0.1, 0.15) is 51.2 Å². The van der Waals surface area contributed by atoms with E-state index in [4.69, 9.17) is 5.26 Å². The predicted octanol–water partition coefficient (Wildman–Crippen LogP) is 3.53. The van der Waals surface area contributed by atoms with Crippen LogP contribution in [-0.2, 0) is 11.2 Å². The number of nitrogens with zero attached hydrogens (tertiary/aromatic N) is 2. The summed E-state index contributed by atoms with van der Waals surface area (Å²) >= 11 is 0. The quantitative estimate of drug-likeness (QED) is 0.762. The zero-order valence-electron chi connectivity index (χ0n) is 12.7. The Bertz CT molecular complexity index is 459. The Morgan fingerprint density at radius 2 is 1.95 bits per heavy atom. The Kier molecular flexibility index (Phi) is 6.79. The molecule has 0 heterocycles. The standard InChI is InChI=1S/C17H24N2O/c1-4-6-11-19(14(3)5-2)17(20)12-15-7-9-16(13-18)10-8-15/h7-10,14H,4-6,11-12H2,1-3H3. The van der Waals surface area contributed by atoms with Crippen molar-refractivity contribution in [2.45, 2.75) is 52.5 Å². The first-order chi connectivity index (χ1) is 9.62. The molecule has 0 radical (unpaired) electrons. The molecule has 3 heteroatoms. The number of carbonyl (C=O) groups is 1. The van der Waals surface area contributed by atoms with Gasteiger partial charge in [0.15, 0.2) is 0 Å². The molecule has 0 N–H and O–H groups in total. The summed E-state index contributed by atoms with van der Waals surface area (Å²) in [4.78, 5) is 14.4. The Morgan fingerprint density at radius 1 is 1.30 bits per heavy atom. The molecule has 0 aromatic heterocycles. The normalized spacial score (nSPS) is 11.7. The number of hydrogen-bond acceptors (Lipinski definition) is 2. The molecule has 0 aliphatic heterocycles. The fraction of sp³-hybridized carbons (Fsp3) is 0.529. The number of hydrogen-bond donors (Lipinski definition) is 0. The van der Waals surface area contributed by atoms with Crippen molar-refractivity contribution in [3.8, 4) is 6.07 Å². The third-order valence-corrected chi connectivity index (χ3v) is 3.63. The third kappa shape index (κ3) is 4.70. The summed E-state index contributed by atoms with van der Waals surface area (Å²) in [5, 5.41) is 8.78. The molecule has 3 nitrogen and oxygen atoms in total.